The van der Waals surface area contributed by atoms with Gasteiger partial charge in [0.15, 0.2) is 11.5 Å². The van der Waals surface area contributed by atoms with E-state index in [-0.39, 0.29) is 43.5 Å². The Bertz CT molecular complexity index is 746. The summed E-state index contributed by atoms with van der Waals surface area (Å²) in [5.74, 6) is 1.77. The summed E-state index contributed by atoms with van der Waals surface area (Å²) in [6, 6.07) is 14.4. The summed E-state index contributed by atoms with van der Waals surface area (Å²) in [5, 5.41) is 13.3. The van der Waals surface area contributed by atoms with Gasteiger partial charge in [0.2, 0.25) is 6.79 Å². The second-order valence-electron chi connectivity index (χ2n) is 6.67. The van der Waals surface area contributed by atoms with Crippen molar-refractivity contribution in [1.29, 1.82) is 0 Å². The van der Waals surface area contributed by atoms with Gasteiger partial charge in [0.05, 0.1) is 12.6 Å². The predicted octanol–water partition coefficient (Wildman–Crippen LogP) is 3.11. The minimum Gasteiger partial charge on any atom is -0.454 e. The highest BCUT2D eigenvalue weighted by atomic mass is 35.5. The van der Waals surface area contributed by atoms with Gasteiger partial charge in [-0.25, -0.2) is 0 Å². The smallest absolute Gasteiger partial charge is 0.231 e. The summed E-state index contributed by atoms with van der Waals surface area (Å²) in [6.45, 7) is 2.14. The highest BCUT2D eigenvalue weighted by molar-refractivity contribution is 5.85. The first-order valence-corrected chi connectivity index (χ1v) is 8.78. The molecular formula is C20H26Cl2N2O3. The predicted molar refractivity (Wildman–Crippen MR) is 110 cm³/mol. The number of likely N-dealkylation sites (N-methyl/N-ethyl adjacent to an activating group) is 1. The van der Waals surface area contributed by atoms with E-state index in [2.05, 4.69) is 23.3 Å². The average molecular weight is 413 g/mol. The van der Waals surface area contributed by atoms with Crippen molar-refractivity contribution in [3.8, 4) is 11.5 Å². The topological polar surface area (TPSA) is 54.0 Å². The zero-order chi connectivity index (χ0) is 17.2. The minimum absolute atomic E-state index is 0. The third-order valence-electron chi connectivity index (χ3n) is 5.23. The molecule has 148 valence electrons. The van der Waals surface area contributed by atoms with Crippen LogP contribution in [0.1, 0.15) is 28.8 Å². The van der Waals surface area contributed by atoms with Gasteiger partial charge in [-0.15, -0.1) is 24.8 Å². The van der Waals surface area contributed by atoms with Gasteiger partial charge in [-0.1, -0.05) is 36.4 Å². The number of nitrogens with zero attached hydrogens (tertiary/aromatic N) is 1. The number of fused-ring (bicyclic) bond motifs is 3. The van der Waals surface area contributed by atoms with E-state index in [1.54, 1.807) is 0 Å². The maximum Gasteiger partial charge on any atom is 0.231 e. The average Bonchev–Trinajstić information content (AvgIpc) is 3.13. The monoisotopic (exact) mass is 412 g/mol. The van der Waals surface area contributed by atoms with Crippen LogP contribution in [0.4, 0.5) is 0 Å². The second-order valence-corrected chi connectivity index (χ2v) is 6.67. The maximum absolute atomic E-state index is 9.78. The van der Waals surface area contributed by atoms with E-state index in [9.17, 15) is 5.11 Å². The van der Waals surface area contributed by atoms with Crippen molar-refractivity contribution >= 4 is 24.8 Å². The summed E-state index contributed by atoms with van der Waals surface area (Å²) in [7, 11) is 2.15. The summed E-state index contributed by atoms with van der Waals surface area (Å²) in [4.78, 5) is 2.36. The zero-order valence-electron chi connectivity index (χ0n) is 15.3. The lowest BCUT2D eigenvalue weighted by Crippen LogP contribution is -2.40. The van der Waals surface area contributed by atoms with Crippen LogP contribution in [0.2, 0.25) is 0 Å². The number of aliphatic hydroxyl groups excluding tert-OH is 1. The molecule has 0 amide bonds. The molecule has 0 unspecified atom stereocenters. The zero-order valence-corrected chi connectivity index (χ0v) is 16.9. The van der Waals surface area contributed by atoms with Crippen molar-refractivity contribution in [3.63, 3.8) is 0 Å². The Morgan fingerprint density at radius 3 is 2.67 bits per heavy atom. The van der Waals surface area contributed by atoms with Gasteiger partial charge >= 0.3 is 0 Å². The highest BCUT2D eigenvalue weighted by Gasteiger charge is 2.30. The van der Waals surface area contributed by atoms with E-state index in [0.29, 0.717) is 6.79 Å². The van der Waals surface area contributed by atoms with Crippen molar-refractivity contribution in [2.24, 2.45) is 0 Å². The molecule has 2 aromatic rings. The fraction of sp³-hybridized carbons (Fsp3) is 0.400. The van der Waals surface area contributed by atoms with Crippen LogP contribution in [0, 0.1) is 0 Å². The van der Waals surface area contributed by atoms with E-state index < -0.39 is 0 Å². The Hall–Kier alpha value is -1.50. The number of ether oxygens (including phenoxy) is 2. The molecule has 0 aromatic heterocycles. The van der Waals surface area contributed by atoms with Gasteiger partial charge in [0, 0.05) is 24.7 Å². The van der Waals surface area contributed by atoms with E-state index in [1.807, 2.05) is 36.4 Å². The van der Waals surface area contributed by atoms with E-state index >= 15 is 0 Å². The first-order valence-electron chi connectivity index (χ1n) is 8.78. The number of aliphatic hydroxyl groups is 1. The van der Waals surface area contributed by atoms with Crippen LogP contribution in [0.15, 0.2) is 42.5 Å². The Balaban J connectivity index is 0.00000131. The molecule has 7 heteroatoms. The largest absolute Gasteiger partial charge is 0.454 e. The van der Waals surface area contributed by atoms with Crippen LogP contribution in [0.25, 0.3) is 0 Å². The normalized spacial score (nSPS) is 18.8. The Labute approximate surface area is 172 Å². The number of benzene rings is 2. The Kier molecular flexibility index (Phi) is 7.77. The molecule has 27 heavy (non-hydrogen) atoms. The molecular weight excluding hydrogens is 387 g/mol. The van der Waals surface area contributed by atoms with Crippen LogP contribution in [-0.2, 0) is 6.42 Å². The van der Waals surface area contributed by atoms with Crippen LogP contribution in [0.5, 0.6) is 11.5 Å². The van der Waals surface area contributed by atoms with Gasteiger partial charge in [-0.05, 0) is 30.7 Å². The number of hydrogen-bond acceptors (Lipinski definition) is 5. The molecule has 2 aliphatic rings. The van der Waals surface area contributed by atoms with Crippen LogP contribution in [0.3, 0.4) is 0 Å². The molecule has 4 rings (SSSR count). The quantitative estimate of drug-likeness (QED) is 0.789. The van der Waals surface area contributed by atoms with Gasteiger partial charge in [0.25, 0.3) is 0 Å². The Morgan fingerprint density at radius 2 is 1.93 bits per heavy atom. The highest BCUT2D eigenvalue weighted by Crippen LogP contribution is 2.42. The lowest BCUT2D eigenvalue weighted by Gasteiger charge is -2.36. The molecule has 0 saturated carbocycles. The molecule has 0 saturated heterocycles. The first kappa shape index (κ1) is 21.8. The Morgan fingerprint density at radius 1 is 1.15 bits per heavy atom. The van der Waals surface area contributed by atoms with Crippen molar-refractivity contribution in [3.05, 3.63) is 59.2 Å². The molecule has 0 spiro atoms. The van der Waals surface area contributed by atoms with Crippen molar-refractivity contribution < 1.29 is 14.6 Å². The summed E-state index contributed by atoms with van der Waals surface area (Å²) < 4.78 is 11.2. The molecule has 2 aromatic carbocycles. The molecule has 5 nitrogen and oxygen atoms in total. The summed E-state index contributed by atoms with van der Waals surface area (Å²) in [5.41, 5.74) is 3.66. The molecule has 2 aliphatic heterocycles. The van der Waals surface area contributed by atoms with E-state index in [4.69, 9.17) is 9.47 Å². The molecule has 0 fully saturated rings. The van der Waals surface area contributed by atoms with Crippen molar-refractivity contribution in [1.82, 2.24) is 10.2 Å². The first-order chi connectivity index (χ1) is 12.3. The SMILES string of the molecule is CN1CCc2c(ccc3c2OCO3)[C@H]1CN[C@@H](CO)c1ccccc1.Cl.Cl. The standard InChI is InChI=1S/C20H24N2O3.2ClH/c1-22-10-9-16-15(7-8-19-20(16)25-13-24-19)18(22)11-21-17(12-23)14-5-3-2-4-6-14;;/h2-8,17-18,21,23H,9-13H2,1H3;2*1H/t17-,18+;;/m0../s1. The lowest BCUT2D eigenvalue weighted by molar-refractivity contribution is 0.170. The fourth-order valence-corrected chi connectivity index (χ4v) is 3.79. The number of nitrogens with one attached hydrogen (secondary N) is 1. The van der Waals surface area contributed by atoms with Gasteiger partial charge < -0.3 is 19.9 Å². The number of rotatable bonds is 5. The van der Waals surface area contributed by atoms with Gasteiger partial charge in [-0.2, -0.15) is 0 Å². The molecule has 2 N–H and O–H groups in total. The van der Waals surface area contributed by atoms with Crippen LogP contribution >= 0.6 is 24.8 Å². The third-order valence-corrected chi connectivity index (χ3v) is 5.23. The van der Waals surface area contributed by atoms with Crippen LogP contribution < -0.4 is 14.8 Å². The number of halogens is 2. The minimum atomic E-state index is -0.0611. The van der Waals surface area contributed by atoms with Crippen molar-refractivity contribution in [2.75, 3.05) is 33.5 Å². The number of hydrogen-bond donors (Lipinski definition) is 2. The van der Waals surface area contributed by atoms with E-state index in [0.717, 1.165) is 36.6 Å². The van der Waals surface area contributed by atoms with Gasteiger partial charge in [-0.3, -0.25) is 4.90 Å². The maximum atomic E-state index is 9.78. The van der Waals surface area contributed by atoms with Crippen molar-refractivity contribution in [2.45, 2.75) is 18.5 Å². The van der Waals surface area contributed by atoms with E-state index in [1.165, 1.54) is 11.1 Å². The summed E-state index contributed by atoms with van der Waals surface area (Å²) >= 11 is 0. The molecule has 0 bridgehead atoms. The molecule has 2 atom stereocenters. The van der Waals surface area contributed by atoms with Gasteiger partial charge in [0.1, 0.15) is 0 Å². The third kappa shape index (κ3) is 4.33. The second kappa shape index (κ2) is 9.62. The lowest BCUT2D eigenvalue weighted by atomic mass is 9.91. The van der Waals surface area contributed by atoms with Crippen LogP contribution in [-0.4, -0.2) is 43.5 Å². The molecule has 0 radical (unpaired) electrons. The molecule has 0 aliphatic carbocycles. The summed E-state index contributed by atoms with van der Waals surface area (Å²) in [6.07, 6.45) is 0.969. The fourth-order valence-electron chi connectivity index (χ4n) is 3.79. The molecule has 2 heterocycles.